The Morgan fingerprint density at radius 3 is 2.87 bits per heavy atom. The van der Waals surface area contributed by atoms with E-state index in [0.29, 0.717) is 11.8 Å². The van der Waals surface area contributed by atoms with E-state index in [4.69, 9.17) is 9.47 Å². The van der Waals surface area contributed by atoms with E-state index in [1.807, 2.05) is 0 Å². The molecule has 0 spiro atoms. The molecule has 1 N–H and O–H groups in total. The van der Waals surface area contributed by atoms with Gasteiger partial charge in [0.15, 0.2) is 6.29 Å². The van der Waals surface area contributed by atoms with Gasteiger partial charge in [-0.05, 0) is 19.3 Å². The van der Waals surface area contributed by atoms with Crippen LogP contribution in [-0.4, -0.2) is 29.6 Å². The summed E-state index contributed by atoms with van der Waals surface area (Å²) >= 11 is 0. The zero-order valence-corrected chi connectivity index (χ0v) is 8.33. The van der Waals surface area contributed by atoms with Gasteiger partial charge in [-0.3, -0.25) is 4.79 Å². The maximum atomic E-state index is 11.6. The highest BCUT2D eigenvalue weighted by Crippen LogP contribution is 2.58. The fourth-order valence-electron chi connectivity index (χ4n) is 4.28. The fourth-order valence-corrected chi connectivity index (χ4v) is 4.28. The van der Waals surface area contributed by atoms with Crippen molar-refractivity contribution in [2.75, 3.05) is 0 Å². The summed E-state index contributed by atoms with van der Waals surface area (Å²) in [4.78, 5) is 11.6. The molecule has 0 aromatic heterocycles. The molecule has 4 nitrogen and oxygen atoms in total. The van der Waals surface area contributed by atoms with Gasteiger partial charge in [0.05, 0.1) is 12.0 Å². The number of aliphatic hydroxyl groups excluding tert-OH is 1. The lowest BCUT2D eigenvalue weighted by atomic mass is 9.75. The predicted molar refractivity (Wildman–Crippen MR) is 48.6 cm³/mol. The summed E-state index contributed by atoms with van der Waals surface area (Å²) in [6, 6.07) is 0. The van der Waals surface area contributed by atoms with E-state index in [1.165, 1.54) is 0 Å². The average molecular weight is 210 g/mol. The van der Waals surface area contributed by atoms with Crippen LogP contribution in [0.4, 0.5) is 0 Å². The lowest BCUT2D eigenvalue weighted by Crippen LogP contribution is -2.36. The number of carbonyl (C=O) groups excluding carboxylic acids is 1. The van der Waals surface area contributed by atoms with Crippen molar-refractivity contribution in [1.29, 1.82) is 0 Å². The van der Waals surface area contributed by atoms with Crippen LogP contribution in [-0.2, 0) is 14.3 Å². The van der Waals surface area contributed by atoms with E-state index in [-0.39, 0.29) is 30.0 Å². The molecule has 4 aliphatic rings. The summed E-state index contributed by atoms with van der Waals surface area (Å²) in [6.07, 6.45) is 2.25. The van der Waals surface area contributed by atoms with Crippen molar-refractivity contribution >= 4 is 5.97 Å². The SMILES string of the molecule is O=C1O[C@@H]2CC[C@@H]3O[C@@H](O)[C@@H]4C[C@H]1[C@@H]2[C@@H]43. The van der Waals surface area contributed by atoms with E-state index in [1.54, 1.807) is 0 Å². The first-order chi connectivity index (χ1) is 7.25. The summed E-state index contributed by atoms with van der Waals surface area (Å²) in [7, 11) is 0. The first kappa shape index (κ1) is 8.53. The van der Waals surface area contributed by atoms with E-state index >= 15 is 0 Å². The highest BCUT2D eigenvalue weighted by Gasteiger charge is 2.64. The molecule has 4 heteroatoms. The molecule has 2 heterocycles. The van der Waals surface area contributed by atoms with Gasteiger partial charge in [0, 0.05) is 17.8 Å². The van der Waals surface area contributed by atoms with Gasteiger partial charge in [-0.15, -0.1) is 0 Å². The molecule has 0 bridgehead atoms. The Hall–Kier alpha value is -0.610. The molecule has 4 rings (SSSR count). The Bertz CT molecular complexity index is 329. The van der Waals surface area contributed by atoms with Crippen LogP contribution in [0.2, 0.25) is 0 Å². The maximum absolute atomic E-state index is 11.6. The van der Waals surface area contributed by atoms with Crippen LogP contribution in [0.15, 0.2) is 0 Å². The van der Waals surface area contributed by atoms with Gasteiger partial charge >= 0.3 is 5.97 Å². The van der Waals surface area contributed by atoms with Gasteiger partial charge in [-0.1, -0.05) is 0 Å². The molecule has 4 fully saturated rings. The van der Waals surface area contributed by atoms with Gasteiger partial charge in [0.25, 0.3) is 0 Å². The zero-order valence-electron chi connectivity index (χ0n) is 8.33. The van der Waals surface area contributed by atoms with Gasteiger partial charge in [-0.2, -0.15) is 0 Å². The van der Waals surface area contributed by atoms with Crippen molar-refractivity contribution in [2.45, 2.75) is 37.8 Å². The van der Waals surface area contributed by atoms with Crippen molar-refractivity contribution in [3.8, 4) is 0 Å². The lowest BCUT2D eigenvalue weighted by Gasteiger charge is -2.32. The number of hydrogen-bond acceptors (Lipinski definition) is 4. The third kappa shape index (κ3) is 0.882. The van der Waals surface area contributed by atoms with Crippen LogP contribution in [0.5, 0.6) is 0 Å². The number of rotatable bonds is 0. The molecule has 0 radical (unpaired) electrons. The molecule has 82 valence electrons. The predicted octanol–water partition coefficient (Wildman–Crippen LogP) is 0.291. The number of carbonyl (C=O) groups is 1. The molecule has 0 aromatic rings. The Kier molecular flexibility index (Phi) is 1.45. The second kappa shape index (κ2) is 2.55. The minimum absolute atomic E-state index is 0.0350. The largest absolute Gasteiger partial charge is 0.462 e. The number of ether oxygens (including phenoxy) is 2. The molecule has 7 atom stereocenters. The van der Waals surface area contributed by atoms with Crippen LogP contribution < -0.4 is 0 Å². The molecule has 15 heavy (non-hydrogen) atoms. The van der Waals surface area contributed by atoms with Crippen molar-refractivity contribution in [1.82, 2.24) is 0 Å². The summed E-state index contributed by atoms with van der Waals surface area (Å²) in [6.45, 7) is 0. The third-order valence-electron chi connectivity index (χ3n) is 4.77. The topological polar surface area (TPSA) is 55.8 Å². The molecule has 0 aromatic carbocycles. The Morgan fingerprint density at radius 2 is 2.00 bits per heavy atom. The molecule has 2 aliphatic heterocycles. The first-order valence-corrected chi connectivity index (χ1v) is 5.80. The second-order valence-corrected chi connectivity index (χ2v) is 5.28. The number of hydrogen-bond donors (Lipinski definition) is 1. The van der Waals surface area contributed by atoms with E-state index in [0.717, 1.165) is 19.3 Å². The Balaban J connectivity index is 1.77. The van der Waals surface area contributed by atoms with Crippen molar-refractivity contribution < 1.29 is 19.4 Å². The van der Waals surface area contributed by atoms with Gasteiger partial charge < -0.3 is 14.6 Å². The monoisotopic (exact) mass is 210 g/mol. The van der Waals surface area contributed by atoms with E-state index in [2.05, 4.69) is 0 Å². The molecule has 0 amide bonds. The normalized spacial score (nSPS) is 60.6. The van der Waals surface area contributed by atoms with Crippen LogP contribution in [0.1, 0.15) is 19.3 Å². The standard InChI is InChI=1S/C11H14O4/c12-10-4-3-5-9-7(15-11(5)13)2-1-6(14-10)8(4)9/h4-10,12H,1-3H2/t4-,5+,6+,7-,8+,9+,10-/m1/s1. The lowest BCUT2D eigenvalue weighted by molar-refractivity contribution is -0.145. The minimum atomic E-state index is -0.642. The molecular formula is C11H14O4. The van der Waals surface area contributed by atoms with Crippen LogP contribution in [0.3, 0.4) is 0 Å². The fraction of sp³-hybridized carbons (Fsp3) is 0.909. The quantitative estimate of drug-likeness (QED) is 0.584. The van der Waals surface area contributed by atoms with Gasteiger partial charge in [0.1, 0.15) is 6.10 Å². The van der Waals surface area contributed by atoms with Crippen molar-refractivity contribution in [2.24, 2.45) is 23.7 Å². The molecule has 2 aliphatic carbocycles. The molecule has 2 saturated carbocycles. The first-order valence-electron chi connectivity index (χ1n) is 5.80. The average Bonchev–Trinajstić information content (AvgIpc) is 2.81. The summed E-state index contributed by atoms with van der Waals surface area (Å²) in [5.74, 6) is 0.896. The van der Waals surface area contributed by atoms with Crippen molar-refractivity contribution in [3.05, 3.63) is 0 Å². The second-order valence-electron chi connectivity index (χ2n) is 5.28. The zero-order chi connectivity index (χ0) is 10.2. The summed E-state index contributed by atoms with van der Waals surface area (Å²) < 4.78 is 10.9. The number of aliphatic hydroxyl groups is 1. The van der Waals surface area contributed by atoms with Crippen LogP contribution in [0, 0.1) is 23.7 Å². The molecule has 0 unspecified atom stereocenters. The van der Waals surface area contributed by atoms with Crippen LogP contribution in [0.25, 0.3) is 0 Å². The van der Waals surface area contributed by atoms with E-state index < -0.39 is 6.29 Å². The Labute approximate surface area is 87.5 Å². The maximum Gasteiger partial charge on any atom is 0.309 e. The minimum Gasteiger partial charge on any atom is -0.462 e. The highest BCUT2D eigenvalue weighted by atomic mass is 16.6. The van der Waals surface area contributed by atoms with Gasteiger partial charge in [-0.25, -0.2) is 0 Å². The third-order valence-corrected chi connectivity index (χ3v) is 4.77. The van der Waals surface area contributed by atoms with Crippen molar-refractivity contribution in [3.63, 3.8) is 0 Å². The smallest absolute Gasteiger partial charge is 0.309 e. The Morgan fingerprint density at radius 1 is 1.20 bits per heavy atom. The van der Waals surface area contributed by atoms with Crippen LogP contribution >= 0.6 is 0 Å². The molecular weight excluding hydrogens is 196 g/mol. The van der Waals surface area contributed by atoms with Gasteiger partial charge in [0.2, 0.25) is 0 Å². The number of esters is 1. The highest BCUT2D eigenvalue weighted by molar-refractivity contribution is 5.76. The van der Waals surface area contributed by atoms with E-state index in [9.17, 15) is 9.90 Å². The summed E-state index contributed by atoms with van der Waals surface area (Å²) in [5.41, 5.74) is 0. The summed E-state index contributed by atoms with van der Waals surface area (Å²) in [5, 5.41) is 9.79. The molecule has 2 saturated heterocycles.